The molecule has 0 aliphatic carbocycles. The van der Waals surface area contributed by atoms with Crippen molar-refractivity contribution >= 4 is 5.97 Å². The third-order valence-corrected chi connectivity index (χ3v) is 4.08. The van der Waals surface area contributed by atoms with Gasteiger partial charge in [0.2, 0.25) is 0 Å². The van der Waals surface area contributed by atoms with E-state index in [1.54, 1.807) is 0 Å². The average molecular weight is 265 g/mol. The van der Waals surface area contributed by atoms with E-state index in [9.17, 15) is 4.79 Å². The Balaban J connectivity index is 1.66. The monoisotopic (exact) mass is 265 g/mol. The lowest BCUT2D eigenvalue weighted by atomic mass is 9.92. The van der Waals surface area contributed by atoms with E-state index in [0.717, 1.165) is 45.3 Å². The molecule has 2 heterocycles. The number of carboxylic acids is 1. The highest BCUT2D eigenvalue weighted by atomic mass is 16.4. The predicted molar refractivity (Wildman–Crippen MR) is 72.9 cm³/mol. The van der Waals surface area contributed by atoms with Crippen LogP contribution in [0.3, 0.4) is 0 Å². The maximum Gasteiger partial charge on any atom is 0.303 e. The van der Waals surface area contributed by atoms with E-state index in [0.29, 0.717) is 12.3 Å². The van der Waals surface area contributed by atoms with Crippen molar-refractivity contribution in [1.29, 1.82) is 0 Å². The Hall–Kier alpha value is -1.36. The van der Waals surface area contributed by atoms with Crippen LogP contribution in [0.15, 0.2) is 12.3 Å². The number of likely N-dealkylation sites (tertiary alicyclic amines) is 1. The number of carboxylic acid groups (broad SMARTS) is 1. The molecule has 106 valence electrons. The molecule has 0 amide bonds. The normalized spacial score (nSPS) is 17.7. The molecule has 0 unspecified atom stereocenters. The van der Waals surface area contributed by atoms with Crippen LogP contribution in [0.4, 0.5) is 0 Å². The van der Waals surface area contributed by atoms with Gasteiger partial charge in [-0.15, -0.1) is 0 Å². The highest BCUT2D eigenvalue weighted by Gasteiger charge is 2.19. The fourth-order valence-electron chi connectivity index (χ4n) is 2.75. The summed E-state index contributed by atoms with van der Waals surface area (Å²) in [6, 6.07) is 2.07. The van der Waals surface area contributed by atoms with E-state index < -0.39 is 5.97 Å². The first-order valence-electron chi connectivity index (χ1n) is 7.06. The first-order valence-corrected chi connectivity index (χ1v) is 7.06. The molecule has 5 nitrogen and oxygen atoms in total. The fourth-order valence-corrected chi connectivity index (χ4v) is 2.75. The maximum atomic E-state index is 10.6. The second-order valence-electron chi connectivity index (χ2n) is 5.41. The second-order valence-corrected chi connectivity index (χ2v) is 5.41. The molecular formula is C14H23N3O2. The standard InChI is InChI=1S/C14H23N3O2/c1-16-13(4-8-15-16)7-11-17-9-5-12(6-10-17)2-3-14(18)19/h4,8,12H,2-3,5-7,9-11H2,1H3,(H,18,19). The third kappa shape index (κ3) is 4.35. The summed E-state index contributed by atoms with van der Waals surface area (Å²) in [7, 11) is 1.98. The Bertz CT molecular complexity index is 409. The molecule has 1 N–H and O–H groups in total. The van der Waals surface area contributed by atoms with Crippen molar-refractivity contribution in [1.82, 2.24) is 14.7 Å². The number of rotatable bonds is 6. The van der Waals surface area contributed by atoms with Crippen LogP contribution in [0, 0.1) is 5.92 Å². The zero-order valence-corrected chi connectivity index (χ0v) is 11.6. The van der Waals surface area contributed by atoms with Crippen molar-refractivity contribution in [3.05, 3.63) is 18.0 Å². The van der Waals surface area contributed by atoms with Gasteiger partial charge in [-0.05, 0) is 44.3 Å². The molecule has 1 fully saturated rings. The Kier molecular flexibility index (Phi) is 4.96. The van der Waals surface area contributed by atoms with Gasteiger partial charge in [-0.1, -0.05) is 0 Å². The summed E-state index contributed by atoms with van der Waals surface area (Å²) in [6.07, 6.45) is 6.31. The van der Waals surface area contributed by atoms with Crippen LogP contribution in [-0.4, -0.2) is 45.4 Å². The molecule has 1 aliphatic rings. The number of carbonyl (C=O) groups is 1. The van der Waals surface area contributed by atoms with Crippen LogP contribution >= 0.6 is 0 Å². The largest absolute Gasteiger partial charge is 0.481 e. The first kappa shape index (κ1) is 14.1. The maximum absolute atomic E-state index is 10.6. The van der Waals surface area contributed by atoms with E-state index in [1.165, 1.54) is 5.69 Å². The van der Waals surface area contributed by atoms with Crippen LogP contribution in [0.2, 0.25) is 0 Å². The minimum Gasteiger partial charge on any atom is -0.481 e. The van der Waals surface area contributed by atoms with Gasteiger partial charge in [0.25, 0.3) is 0 Å². The smallest absolute Gasteiger partial charge is 0.303 e. The molecule has 19 heavy (non-hydrogen) atoms. The van der Waals surface area contributed by atoms with E-state index in [4.69, 9.17) is 5.11 Å². The summed E-state index contributed by atoms with van der Waals surface area (Å²) in [6.45, 7) is 3.27. The molecule has 5 heteroatoms. The lowest BCUT2D eigenvalue weighted by Crippen LogP contribution is -2.35. The molecule has 0 atom stereocenters. The number of piperidine rings is 1. The van der Waals surface area contributed by atoms with Gasteiger partial charge < -0.3 is 10.0 Å². The molecule has 0 aromatic carbocycles. The van der Waals surface area contributed by atoms with Crippen LogP contribution in [0.25, 0.3) is 0 Å². The van der Waals surface area contributed by atoms with Crippen LogP contribution in [0.1, 0.15) is 31.4 Å². The third-order valence-electron chi connectivity index (χ3n) is 4.08. The Labute approximate surface area is 114 Å². The van der Waals surface area contributed by atoms with E-state index >= 15 is 0 Å². The van der Waals surface area contributed by atoms with Gasteiger partial charge in [-0.3, -0.25) is 9.48 Å². The Morgan fingerprint density at radius 2 is 2.21 bits per heavy atom. The summed E-state index contributed by atoms with van der Waals surface area (Å²) in [5, 5.41) is 12.9. The molecular weight excluding hydrogens is 242 g/mol. The summed E-state index contributed by atoms with van der Waals surface area (Å²) < 4.78 is 1.93. The molecule has 1 saturated heterocycles. The van der Waals surface area contributed by atoms with Crippen LogP contribution in [-0.2, 0) is 18.3 Å². The SMILES string of the molecule is Cn1nccc1CCN1CCC(CCC(=O)O)CC1. The molecule has 0 radical (unpaired) electrons. The molecule has 0 spiro atoms. The van der Waals surface area contributed by atoms with Crippen molar-refractivity contribution in [2.45, 2.75) is 32.1 Å². The molecule has 1 aromatic heterocycles. The minimum atomic E-state index is -0.668. The fraction of sp³-hybridized carbons (Fsp3) is 0.714. The van der Waals surface area contributed by atoms with Crippen molar-refractivity contribution in [3.8, 4) is 0 Å². The number of aliphatic carboxylic acids is 1. The van der Waals surface area contributed by atoms with Crippen molar-refractivity contribution in [2.24, 2.45) is 13.0 Å². The van der Waals surface area contributed by atoms with Gasteiger partial charge in [0.1, 0.15) is 0 Å². The highest BCUT2D eigenvalue weighted by Crippen LogP contribution is 2.21. The van der Waals surface area contributed by atoms with Crippen molar-refractivity contribution in [3.63, 3.8) is 0 Å². The van der Waals surface area contributed by atoms with Gasteiger partial charge >= 0.3 is 5.97 Å². The molecule has 0 bridgehead atoms. The molecule has 1 aliphatic heterocycles. The number of hydrogen-bond acceptors (Lipinski definition) is 3. The van der Waals surface area contributed by atoms with Crippen molar-refractivity contribution in [2.75, 3.05) is 19.6 Å². The van der Waals surface area contributed by atoms with Gasteiger partial charge in [0.15, 0.2) is 0 Å². The minimum absolute atomic E-state index is 0.319. The van der Waals surface area contributed by atoms with Crippen LogP contribution < -0.4 is 0 Å². The Morgan fingerprint density at radius 1 is 1.47 bits per heavy atom. The zero-order valence-electron chi connectivity index (χ0n) is 11.6. The van der Waals surface area contributed by atoms with Crippen molar-refractivity contribution < 1.29 is 9.90 Å². The lowest BCUT2D eigenvalue weighted by molar-refractivity contribution is -0.137. The topological polar surface area (TPSA) is 58.4 Å². The van der Waals surface area contributed by atoms with Gasteiger partial charge in [-0.2, -0.15) is 5.10 Å². The van der Waals surface area contributed by atoms with E-state index in [1.807, 2.05) is 17.9 Å². The quantitative estimate of drug-likeness (QED) is 0.847. The lowest BCUT2D eigenvalue weighted by Gasteiger charge is -2.31. The molecule has 0 saturated carbocycles. The molecule has 2 rings (SSSR count). The van der Waals surface area contributed by atoms with Gasteiger partial charge in [0, 0.05) is 38.3 Å². The first-order chi connectivity index (χ1) is 9.15. The Morgan fingerprint density at radius 3 is 2.79 bits per heavy atom. The van der Waals surface area contributed by atoms with Gasteiger partial charge in [0.05, 0.1) is 0 Å². The molecule has 1 aromatic rings. The van der Waals surface area contributed by atoms with E-state index in [-0.39, 0.29) is 0 Å². The average Bonchev–Trinajstić information content (AvgIpc) is 2.81. The summed E-state index contributed by atoms with van der Waals surface area (Å²) in [5.74, 6) is -0.0670. The number of nitrogens with zero attached hydrogens (tertiary/aromatic N) is 3. The number of hydrogen-bond donors (Lipinski definition) is 1. The summed E-state index contributed by atoms with van der Waals surface area (Å²) >= 11 is 0. The number of aromatic nitrogens is 2. The summed E-state index contributed by atoms with van der Waals surface area (Å²) in [4.78, 5) is 13.0. The van der Waals surface area contributed by atoms with Crippen LogP contribution in [0.5, 0.6) is 0 Å². The highest BCUT2D eigenvalue weighted by molar-refractivity contribution is 5.66. The van der Waals surface area contributed by atoms with E-state index in [2.05, 4.69) is 16.1 Å². The predicted octanol–water partition coefficient (Wildman–Crippen LogP) is 1.54. The van der Waals surface area contributed by atoms with Gasteiger partial charge in [-0.25, -0.2) is 0 Å². The second kappa shape index (κ2) is 6.70. The summed E-state index contributed by atoms with van der Waals surface area (Å²) in [5.41, 5.74) is 1.27. The zero-order chi connectivity index (χ0) is 13.7. The number of aryl methyl sites for hydroxylation is 1.